The van der Waals surface area contributed by atoms with Crippen molar-refractivity contribution in [3.8, 4) is 5.75 Å². The summed E-state index contributed by atoms with van der Waals surface area (Å²) in [4.78, 5) is 26.7. The van der Waals surface area contributed by atoms with Crippen LogP contribution in [0.3, 0.4) is 0 Å². The van der Waals surface area contributed by atoms with Gasteiger partial charge in [-0.15, -0.1) is 0 Å². The highest BCUT2D eigenvalue weighted by molar-refractivity contribution is 5.94. The van der Waals surface area contributed by atoms with E-state index >= 15 is 0 Å². The van der Waals surface area contributed by atoms with Crippen LogP contribution in [0.4, 0.5) is 5.69 Å². The predicted octanol–water partition coefficient (Wildman–Crippen LogP) is 3.98. The Morgan fingerprint density at radius 3 is 2.39 bits per heavy atom. The van der Waals surface area contributed by atoms with Crippen LogP contribution in [-0.2, 0) is 9.59 Å². The second-order valence-corrected chi connectivity index (χ2v) is 6.79. The van der Waals surface area contributed by atoms with Crippen LogP contribution in [0.5, 0.6) is 5.75 Å². The number of amides is 2. The highest BCUT2D eigenvalue weighted by Gasteiger charge is 2.26. The van der Waals surface area contributed by atoms with E-state index in [4.69, 9.17) is 4.74 Å². The third kappa shape index (κ3) is 5.46. The number of rotatable bonds is 6. The number of carbonyl (C=O) groups excluding carboxylic acids is 2. The van der Waals surface area contributed by atoms with Crippen LogP contribution in [0.2, 0.25) is 0 Å². The van der Waals surface area contributed by atoms with E-state index in [9.17, 15) is 9.59 Å². The number of ether oxygens (including phenoxy) is 1. The van der Waals surface area contributed by atoms with E-state index in [1.807, 2.05) is 67.6 Å². The Labute approximate surface area is 166 Å². The van der Waals surface area contributed by atoms with Crippen molar-refractivity contribution in [3.63, 3.8) is 0 Å². The summed E-state index contributed by atoms with van der Waals surface area (Å²) in [6.45, 7) is 3.74. The molecule has 146 valence electrons. The van der Waals surface area contributed by atoms with E-state index in [2.05, 4.69) is 5.32 Å². The number of nitrogens with one attached hydrogen (secondary N) is 1. The fourth-order valence-corrected chi connectivity index (χ4v) is 3.24. The average molecular weight is 378 g/mol. The van der Waals surface area contributed by atoms with E-state index in [0.29, 0.717) is 32.5 Å². The number of anilines is 1. The first-order chi connectivity index (χ1) is 13.7. The zero-order valence-corrected chi connectivity index (χ0v) is 16.1. The summed E-state index contributed by atoms with van der Waals surface area (Å²) in [6, 6.07) is 17.1. The molecule has 0 saturated carbocycles. The first kappa shape index (κ1) is 19.7. The maximum Gasteiger partial charge on any atom is 0.246 e. The van der Waals surface area contributed by atoms with Crippen molar-refractivity contribution in [2.75, 3.05) is 25.0 Å². The molecule has 1 saturated heterocycles. The number of nitrogens with zero attached hydrogens (tertiary/aromatic N) is 1. The van der Waals surface area contributed by atoms with Gasteiger partial charge in [0.1, 0.15) is 5.75 Å². The zero-order chi connectivity index (χ0) is 19.8. The smallest absolute Gasteiger partial charge is 0.246 e. The lowest BCUT2D eigenvalue weighted by Gasteiger charge is -2.30. The molecular formula is C23H26N2O3. The first-order valence-corrected chi connectivity index (χ1v) is 9.71. The lowest BCUT2D eigenvalue weighted by Crippen LogP contribution is -2.40. The lowest BCUT2D eigenvalue weighted by atomic mass is 9.95. The summed E-state index contributed by atoms with van der Waals surface area (Å²) >= 11 is 0. The van der Waals surface area contributed by atoms with Gasteiger partial charge < -0.3 is 15.0 Å². The van der Waals surface area contributed by atoms with Gasteiger partial charge in [0.2, 0.25) is 11.8 Å². The Kier molecular flexibility index (Phi) is 6.84. The van der Waals surface area contributed by atoms with Crippen molar-refractivity contribution in [1.82, 2.24) is 4.90 Å². The second kappa shape index (κ2) is 9.74. The number of carbonyl (C=O) groups is 2. The van der Waals surface area contributed by atoms with E-state index in [-0.39, 0.29) is 17.7 Å². The molecule has 0 radical (unpaired) electrons. The molecular weight excluding hydrogens is 352 g/mol. The summed E-state index contributed by atoms with van der Waals surface area (Å²) in [6.07, 6.45) is 4.78. The fraction of sp³-hybridized carbons (Fsp3) is 0.304. The Morgan fingerprint density at radius 2 is 1.75 bits per heavy atom. The minimum Gasteiger partial charge on any atom is -0.494 e. The molecule has 0 atom stereocenters. The first-order valence-electron chi connectivity index (χ1n) is 9.71. The Balaban J connectivity index is 1.47. The van der Waals surface area contributed by atoms with Crippen LogP contribution in [0.15, 0.2) is 60.7 Å². The van der Waals surface area contributed by atoms with Gasteiger partial charge in [-0.1, -0.05) is 30.3 Å². The van der Waals surface area contributed by atoms with E-state index < -0.39 is 0 Å². The zero-order valence-electron chi connectivity index (χ0n) is 16.1. The van der Waals surface area contributed by atoms with Gasteiger partial charge in [0.05, 0.1) is 6.61 Å². The normalized spacial score (nSPS) is 14.8. The van der Waals surface area contributed by atoms with E-state index in [1.54, 1.807) is 11.0 Å². The number of likely N-dealkylation sites (tertiary alicyclic amines) is 1. The van der Waals surface area contributed by atoms with Crippen LogP contribution in [0, 0.1) is 5.92 Å². The third-order valence-electron chi connectivity index (χ3n) is 4.83. The molecule has 2 amide bonds. The molecule has 5 heteroatoms. The molecule has 0 aromatic heterocycles. The molecule has 1 aliphatic heterocycles. The molecule has 3 rings (SSSR count). The van der Waals surface area contributed by atoms with Gasteiger partial charge in [-0.3, -0.25) is 9.59 Å². The van der Waals surface area contributed by atoms with Gasteiger partial charge in [0.15, 0.2) is 0 Å². The molecule has 1 N–H and O–H groups in total. The maximum atomic E-state index is 12.5. The Hall–Kier alpha value is -3.08. The van der Waals surface area contributed by atoms with Crippen molar-refractivity contribution in [3.05, 3.63) is 66.2 Å². The minimum atomic E-state index is -0.0753. The largest absolute Gasteiger partial charge is 0.494 e. The fourth-order valence-electron chi connectivity index (χ4n) is 3.24. The van der Waals surface area contributed by atoms with Crippen molar-refractivity contribution in [1.29, 1.82) is 0 Å². The van der Waals surface area contributed by atoms with Crippen LogP contribution >= 0.6 is 0 Å². The number of hydrogen-bond donors (Lipinski definition) is 1. The molecule has 28 heavy (non-hydrogen) atoms. The molecule has 5 nitrogen and oxygen atoms in total. The summed E-state index contributed by atoms with van der Waals surface area (Å²) in [5, 5.41) is 2.96. The van der Waals surface area contributed by atoms with Crippen LogP contribution < -0.4 is 10.1 Å². The standard InChI is InChI=1S/C23H26N2O3/c1-2-28-21-11-9-20(10-12-21)24-23(27)19-14-16-25(17-15-19)22(26)13-8-18-6-4-3-5-7-18/h3-13,19H,2,14-17H2,1H3,(H,24,27)/b13-8+. The second-order valence-electron chi connectivity index (χ2n) is 6.79. The predicted molar refractivity (Wildman–Crippen MR) is 111 cm³/mol. The quantitative estimate of drug-likeness (QED) is 0.774. The minimum absolute atomic E-state index is 0.00535. The highest BCUT2D eigenvalue weighted by atomic mass is 16.5. The van der Waals surface area contributed by atoms with Gasteiger partial charge >= 0.3 is 0 Å². The molecule has 1 fully saturated rings. The molecule has 0 aliphatic carbocycles. The van der Waals surface area contributed by atoms with E-state index in [1.165, 1.54) is 0 Å². The van der Waals surface area contributed by atoms with E-state index in [0.717, 1.165) is 17.0 Å². The van der Waals surface area contributed by atoms with Crippen LogP contribution in [0.25, 0.3) is 6.08 Å². The van der Waals surface area contributed by atoms with Crippen molar-refractivity contribution in [2.24, 2.45) is 5.92 Å². The van der Waals surface area contributed by atoms with Crippen molar-refractivity contribution >= 4 is 23.6 Å². The average Bonchev–Trinajstić information content (AvgIpc) is 2.74. The summed E-state index contributed by atoms with van der Waals surface area (Å²) in [5.74, 6) is 0.718. The molecule has 2 aromatic carbocycles. The van der Waals surface area contributed by atoms with Gasteiger partial charge in [-0.05, 0) is 55.7 Å². The molecule has 0 bridgehead atoms. The number of hydrogen-bond acceptors (Lipinski definition) is 3. The highest BCUT2D eigenvalue weighted by Crippen LogP contribution is 2.21. The third-order valence-corrected chi connectivity index (χ3v) is 4.83. The monoisotopic (exact) mass is 378 g/mol. The molecule has 2 aromatic rings. The summed E-state index contributed by atoms with van der Waals surface area (Å²) < 4.78 is 5.41. The summed E-state index contributed by atoms with van der Waals surface area (Å²) in [7, 11) is 0. The van der Waals surface area contributed by atoms with Gasteiger partial charge in [-0.25, -0.2) is 0 Å². The Bertz CT molecular complexity index is 808. The number of benzene rings is 2. The molecule has 1 aliphatic rings. The molecule has 0 spiro atoms. The Morgan fingerprint density at radius 1 is 1.07 bits per heavy atom. The van der Waals surface area contributed by atoms with Gasteiger partial charge in [0, 0.05) is 30.8 Å². The molecule has 1 heterocycles. The van der Waals surface area contributed by atoms with Gasteiger partial charge in [0.25, 0.3) is 0 Å². The number of piperidine rings is 1. The molecule has 0 unspecified atom stereocenters. The maximum absolute atomic E-state index is 12.5. The van der Waals surface area contributed by atoms with Crippen LogP contribution in [-0.4, -0.2) is 36.4 Å². The lowest BCUT2D eigenvalue weighted by molar-refractivity contribution is -0.130. The SMILES string of the molecule is CCOc1ccc(NC(=O)C2CCN(C(=O)/C=C/c3ccccc3)CC2)cc1. The topological polar surface area (TPSA) is 58.6 Å². The summed E-state index contributed by atoms with van der Waals surface area (Å²) in [5.41, 5.74) is 1.76. The van der Waals surface area contributed by atoms with Crippen molar-refractivity contribution in [2.45, 2.75) is 19.8 Å². The van der Waals surface area contributed by atoms with Crippen molar-refractivity contribution < 1.29 is 14.3 Å². The van der Waals surface area contributed by atoms with Gasteiger partial charge in [-0.2, -0.15) is 0 Å². The van der Waals surface area contributed by atoms with Crippen LogP contribution in [0.1, 0.15) is 25.3 Å².